The molecule has 7 nitrogen and oxygen atoms in total. The first-order chi connectivity index (χ1) is 16.9. The summed E-state index contributed by atoms with van der Waals surface area (Å²) in [6, 6.07) is 20.0. The summed E-state index contributed by atoms with van der Waals surface area (Å²) in [7, 11) is 0. The van der Waals surface area contributed by atoms with Crippen molar-refractivity contribution < 1.29 is 14.7 Å². The third-order valence-electron chi connectivity index (χ3n) is 5.73. The minimum absolute atomic E-state index is 0.0410. The minimum atomic E-state index is -1.15. The highest BCUT2D eigenvalue weighted by molar-refractivity contribution is 6.32. The average Bonchev–Trinajstić information content (AvgIpc) is 3.17. The number of carboxylic acids is 1. The van der Waals surface area contributed by atoms with E-state index >= 15 is 0 Å². The van der Waals surface area contributed by atoms with E-state index in [-0.39, 0.29) is 29.1 Å². The van der Waals surface area contributed by atoms with E-state index in [1.807, 2.05) is 0 Å². The van der Waals surface area contributed by atoms with Crippen LogP contribution in [0.5, 0.6) is 0 Å². The van der Waals surface area contributed by atoms with Crippen molar-refractivity contribution in [1.82, 2.24) is 14.3 Å². The fraction of sp³-hybridized carbons (Fsp3) is 0.185. The van der Waals surface area contributed by atoms with Gasteiger partial charge >= 0.3 is 11.7 Å². The summed E-state index contributed by atoms with van der Waals surface area (Å²) < 4.78 is 2.95. The van der Waals surface area contributed by atoms with Gasteiger partial charge in [-0.2, -0.15) is 4.68 Å². The number of carbonyl (C=O) groups excluding carboxylic acids is 1. The number of hydrogen-bond acceptors (Lipinski definition) is 4. The average molecular weight is 490 g/mol. The van der Waals surface area contributed by atoms with Gasteiger partial charge in [0.1, 0.15) is 5.82 Å². The summed E-state index contributed by atoms with van der Waals surface area (Å²) in [5, 5.41) is 14.4. The van der Waals surface area contributed by atoms with Gasteiger partial charge in [-0.25, -0.2) is 9.59 Å². The third-order valence-corrected chi connectivity index (χ3v) is 6.05. The summed E-state index contributed by atoms with van der Waals surface area (Å²) in [5.74, 6) is -0.866. The number of hydrogen-bond donors (Lipinski definition) is 1. The van der Waals surface area contributed by atoms with Crippen LogP contribution in [0, 0.1) is 0 Å². The molecule has 4 rings (SSSR count). The molecule has 8 heteroatoms. The second-order valence-corrected chi connectivity index (χ2v) is 8.54. The van der Waals surface area contributed by atoms with E-state index in [0.717, 1.165) is 18.4 Å². The molecule has 1 heterocycles. The molecule has 0 aliphatic carbocycles. The molecule has 178 valence electrons. The Labute approximate surface area is 207 Å². The van der Waals surface area contributed by atoms with E-state index in [0.29, 0.717) is 28.5 Å². The van der Waals surface area contributed by atoms with Gasteiger partial charge in [-0.1, -0.05) is 79.5 Å². The molecule has 1 aromatic heterocycles. The Morgan fingerprint density at radius 2 is 1.60 bits per heavy atom. The molecule has 4 aromatic rings. The smallest absolute Gasteiger partial charge is 0.351 e. The maximum absolute atomic E-state index is 13.3. The molecule has 0 aliphatic rings. The summed E-state index contributed by atoms with van der Waals surface area (Å²) in [4.78, 5) is 37.7. The van der Waals surface area contributed by atoms with E-state index in [1.165, 1.54) is 16.8 Å². The van der Waals surface area contributed by atoms with Gasteiger partial charge in [-0.15, -0.1) is 5.10 Å². The van der Waals surface area contributed by atoms with Crippen LogP contribution in [0.15, 0.2) is 77.6 Å². The number of carboxylic acid groups (broad SMARTS) is 1. The van der Waals surface area contributed by atoms with E-state index in [1.54, 1.807) is 65.2 Å². The van der Waals surface area contributed by atoms with Crippen LogP contribution in [0.25, 0.3) is 5.69 Å². The summed E-state index contributed by atoms with van der Waals surface area (Å²) in [6.07, 6.45) is 2.49. The Balaban J connectivity index is 1.64. The fourth-order valence-electron chi connectivity index (χ4n) is 3.86. The Bertz CT molecular complexity index is 1440. The zero-order chi connectivity index (χ0) is 24.9. The van der Waals surface area contributed by atoms with E-state index in [4.69, 9.17) is 11.6 Å². The largest absolute Gasteiger partial charge is 0.478 e. The Morgan fingerprint density at radius 1 is 0.943 bits per heavy atom. The quantitative estimate of drug-likeness (QED) is 0.333. The highest BCUT2D eigenvalue weighted by atomic mass is 35.5. The molecule has 1 N–H and O–H groups in total. The molecule has 0 bridgehead atoms. The Hall–Kier alpha value is -3.97. The van der Waals surface area contributed by atoms with Crippen molar-refractivity contribution >= 4 is 23.4 Å². The van der Waals surface area contributed by atoms with Crippen LogP contribution >= 0.6 is 11.6 Å². The molecular weight excluding hydrogens is 466 g/mol. The van der Waals surface area contributed by atoms with Gasteiger partial charge < -0.3 is 5.11 Å². The third kappa shape index (κ3) is 5.10. The number of ketones is 1. The second-order valence-electron chi connectivity index (χ2n) is 8.13. The number of benzene rings is 3. The lowest BCUT2D eigenvalue weighted by Gasteiger charge is -2.08. The number of aromatic carboxylic acids is 1. The van der Waals surface area contributed by atoms with Crippen molar-refractivity contribution in [2.24, 2.45) is 0 Å². The Morgan fingerprint density at radius 3 is 2.26 bits per heavy atom. The van der Waals surface area contributed by atoms with Crippen LogP contribution in [0.3, 0.4) is 0 Å². The van der Waals surface area contributed by atoms with Gasteiger partial charge in [0, 0.05) is 17.5 Å². The predicted octanol–water partition coefficient (Wildman–Crippen LogP) is 5.01. The van der Waals surface area contributed by atoms with Crippen LogP contribution in [0.2, 0.25) is 5.02 Å². The van der Waals surface area contributed by atoms with Gasteiger partial charge in [0.2, 0.25) is 0 Å². The number of aryl methyl sites for hydroxylation is 1. The van der Waals surface area contributed by atoms with Crippen LogP contribution in [-0.2, 0) is 13.0 Å². The Kier molecular flexibility index (Phi) is 7.27. The number of nitrogens with zero attached hydrogens (tertiary/aromatic N) is 3. The van der Waals surface area contributed by atoms with E-state index < -0.39 is 5.97 Å². The molecule has 0 fully saturated rings. The van der Waals surface area contributed by atoms with Crippen LogP contribution < -0.4 is 5.69 Å². The lowest BCUT2D eigenvalue weighted by molar-refractivity contribution is 0.0693. The van der Waals surface area contributed by atoms with Crippen molar-refractivity contribution in [2.45, 2.75) is 32.7 Å². The molecule has 3 aromatic carbocycles. The predicted molar refractivity (Wildman–Crippen MR) is 134 cm³/mol. The molecule has 0 radical (unpaired) electrons. The molecule has 0 amide bonds. The molecule has 0 unspecified atom stereocenters. The molecule has 0 aliphatic heterocycles. The maximum Gasteiger partial charge on any atom is 0.351 e. The number of halogens is 1. The topological polar surface area (TPSA) is 94.2 Å². The van der Waals surface area contributed by atoms with Crippen molar-refractivity contribution in [2.75, 3.05) is 0 Å². The lowest BCUT2D eigenvalue weighted by Crippen LogP contribution is -2.25. The van der Waals surface area contributed by atoms with Gasteiger partial charge in [0.15, 0.2) is 5.78 Å². The monoisotopic (exact) mass is 489 g/mol. The molecule has 35 heavy (non-hydrogen) atoms. The van der Waals surface area contributed by atoms with Crippen molar-refractivity contribution in [3.8, 4) is 5.69 Å². The standard InChI is InChI=1S/C27H24ClN3O4/c1-2-3-12-24-29-31(23-11-7-6-10-22(23)28)27(35)30(24)17-18-13-15-19(16-14-18)25(32)20-8-4-5-9-21(20)26(33)34/h4-11,13-16H,2-3,12,17H2,1H3,(H,33,34). The van der Waals surface area contributed by atoms with Crippen molar-refractivity contribution in [3.05, 3.63) is 116 Å². The maximum atomic E-state index is 13.3. The number of aromatic nitrogens is 3. The lowest BCUT2D eigenvalue weighted by atomic mass is 9.97. The zero-order valence-electron chi connectivity index (χ0n) is 19.1. The van der Waals surface area contributed by atoms with Crippen LogP contribution in [-0.4, -0.2) is 31.2 Å². The molecule has 0 spiro atoms. The van der Waals surface area contributed by atoms with E-state index in [9.17, 15) is 19.5 Å². The molecule has 0 saturated carbocycles. The van der Waals surface area contributed by atoms with Crippen LogP contribution in [0.4, 0.5) is 0 Å². The number of para-hydroxylation sites is 1. The highest BCUT2D eigenvalue weighted by Gasteiger charge is 2.19. The number of unbranched alkanes of at least 4 members (excludes halogenated alkanes) is 1. The summed E-state index contributed by atoms with van der Waals surface area (Å²) >= 11 is 6.31. The first-order valence-electron chi connectivity index (χ1n) is 11.3. The van der Waals surface area contributed by atoms with Crippen LogP contribution in [0.1, 0.15) is 57.4 Å². The summed E-state index contributed by atoms with van der Waals surface area (Å²) in [5.41, 5.74) is 1.50. The van der Waals surface area contributed by atoms with E-state index in [2.05, 4.69) is 12.0 Å². The first-order valence-corrected chi connectivity index (χ1v) is 11.7. The molecular formula is C27H24ClN3O4. The van der Waals surface area contributed by atoms with Gasteiger partial charge in [0.05, 0.1) is 22.8 Å². The second kappa shape index (κ2) is 10.5. The minimum Gasteiger partial charge on any atom is -0.478 e. The SMILES string of the molecule is CCCCc1nn(-c2ccccc2Cl)c(=O)n1Cc1ccc(C(=O)c2ccccc2C(=O)O)cc1. The number of carbonyl (C=O) groups is 2. The molecule has 0 atom stereocenters. The van der Waals surface area contributed by atoms with Crippen molar-refractivity contribution in [1.29, 1.82) is 0 Å². The normalized spacial score (nSPS) is 10.9. The fourth-order valence-corrected chi connectivity index (χ4v) is 4.08. The van der Waals surface area contributed by atoms with Gasteiger partial charge in [-0.05, 0) is 30.2 Å². The van der Waals surface area contributed by atoms with Gasteiger partial charge in [0.25, 0.3) is 0 Å². The highest BCUT2D eigenvalue weighted by Crippen LogP contribution is 2.19. The van der Waals surface area contributed by atoms with Crippen molar-refractivity contribution in [3.63, 3.8) is 0 Å². The zero-order valence-corrected chi connectivity index (χ0v) is 19.9. The summed E-state index contributed by atoms with van der Waals surface area (Å²) in [6.45, 7) is 2.36. The molecule has 0 saturated heterocycles. The van der Waals surface area contributed by atoms with Gasteiger partial charge in [-0.3, -0.25) is 9.36 Å². The first kappa shape index (κ1) is 24.2. The number of rotatable bonds is 9.